The lowest BCUT2D eigenvalue weighted by atomic mass is 10.2. The van der Waals surface area contributed by atoms with Gasteiger partial charge in [0.1, 0.15) is 18.1 Å². The average Bonchev–Trinajstić information content (AvgIpc) is 3.33. The van der Waals surface area contributed by atoms with Gasteiger partial charge in [0, 0.05) is 24.5 Å². The molecule has 0 bridgehead atoms. The number of H-pyrrole nitrogens is 1. The molecule has 1 aliphatic heterocycles. The lowest BCUT2D eigenvalue weighted by Gasteiger charge is -2.13. The zero-order chi connectivity index (χ0) is 16.5. The molecule has 0 saturated carbocycles. The number of hydrogen-bond donors (Lipinski definition) is 2. The summed E-state index contributed by atoms with van der Waals surface area (Å²) in [5.74, 6) is 0.665. The van der Waals surface area contributed by atoms with Gasteiger partial charge in [-0.3, -0.25) is 9.89 Å². The Morgan fingerprint density at radius 2 is 2.29 bits per heavy atom. The van der Waals surface area contributed by atoms with Crippen molar-refractivity contribution in [3.63, 3.8) is 0 Å². The second-order valence-electron chi connectivity index (χ2n) is 6.05. The second-order valence-corrected chi connectivity index (χ2v) is 6.05. The number of nitrogens with zero attached hydrogens (tertiary/aromatic N) is 3. The van der Waals surface area contributed by atoms with Crippen LogP contribution in [0.2, 0.25) is 0 Å². The summed E-state index contributed by atoms with van der Waals surface area (Å²) in [7, 11) is 1.91. The molecular formula is C17H19N5O2. The van der Waals surface area contributed by atoms with E-state index in [0.29, 0.717) is 12.2 Å². The third kappa shape index (κ3) is 2.67. The molecule has 4 rings (SSSR count). The summed E-state index contributed by atoms with van der Waals surface area (Å²) in [4.78, 5) is 16.6. The molecule has 2 aromatic heterocycles. The maximum absolute atomic E-state index is 12.5. The number of amides is 1. The van der Waals surface area contributed by atoms with Crippen LogP contribution in [0.1, 0.15) is 35.3 Å². The topological polar surface area (TPSA) is 84.8 Å². The minimum absolute atomic E-state index is 0.00117. The number of para-hydroxylation sites is 1. The van der Waals surface area contributed by atoms with Crippen molar-refractivity contribution in [3.8, 4) is 0 Å². The van der Waals surface area contributed by atoms with Crippen LogP contribution in [0.3, 0.4) is 0 Å². The normalized spacial score (nSPS) is 20.5. The largest absolute Gasteiger partial charge is 0.365 e. The van der Waals surface area contributed by atoms with Crippen LogP contribution in [-0.4, -0.2) is 38.3 Å². The first-order chi connectivity index (χ1) is 11.7. The molecule has 0 spiro atoms. The Hall–Kier alpha value is -2.67. The number of nitrogens with one attached hydrogen (secondary N) is 2. The Bertz CT molecular complexity index is 855. The third-order valence-electron chi connectivity index (χ3n) is 4.52. The molecule has 7 nitrogen and oxygen atoms in total. The molecule has 1 amide bonds. The zero-order valence-electron chi connectivity index (χ0n) is 13.4. The van der Waals surface area contributed by atoms with Gasteiger partial charge >= 0.3 is 0 Å². The molecule has 3 aromatic rings. The van der Waals surface area contributed by atoms with E-state index < -0.39 is 0 Å². The molecule has 24 heavy (non-hydrogen) atoms. The van der Waals surface area contributed by atoms with Crippen LogP contribution in [0.25, 0.3) is 10.9 Å². The molecule has 0 unspecified atom stereocenters. The Balaban J connectivity index is 1.39. The quantitative estimate of drug-likeness (QED) is 0.768. The molecule has 2 N–H and O–H groups in total. The smallest absolute Gasteiger partial charge is 0.268 e. The molecule has 1 saturated heterocycles. The van der Waals surface area contributed by atoms with Crippen LogP contribution < -0.4 is 5.32 Å². The van der Waals surface area contributed by atoms with Crippen molar-refractivity contribution >= 4 is 16.8 Å². The Labute approximate surface area is 139 Å². The van der Waals surface area contributed by atoms with Crippen LogP contribution in [0.15, 0.2) is 36.7 Å². The van der Waals surface area contributed by atoms with E-state index in [2.05, 4.69) is 20.5 Å². The number of aromatic nitrogens is 4. The van der Waals surface area contributed by atoms with E-state index in [0.717, 1.165) is 29.6 Å². The predicted octanol–water partition coefficient (Wildman–Crippen LogP) is 1.95. The number of aromatic amines is 1. The molecule has 124 valence electrons. The zero-order valence-corrected chi connectivity index (χ0v) is 13.4. The van der Waals surface area contributed by atoms with E-state index in [1.165, 1.54) is 6.33 Å². The predicted molar refractivity (Wildman–Crippen MR) is 88.5 cm³/mol. The fourth-order valence-electron chi connectivity index (χ4n) is 3.23. The highest BCUT2D eigenvalue weighted by molar-refractivity contribution is 5.98. The third-order valence-corrected chi connectivity index (χ3v) is 4.52. The standard InChI is InChI=1S/C17H19N5O2/c1-22-13-5-3-2-4-11(13)8-14(22)17(23)18-9-12-6-7-15(24-12)16-19-10-20-21-16/h2-5,8,10,12,15H,6-7,9H2,1H3,(H,18,23)(H,19,20,21)/t12-,15+/m1/s1. The summed E-state index contributed by atoms with van der Waals surface area (Å²) >= 11 is 0. The van der Waals surface area contributed by atoms with Crippen molar-refractivity contribution in [2.24, 2.45) is 7.05 Å². The van der Waals surface area contributed by atoms with Gasteiger partial charge in [-0.15, -0.1) is 0 Å². The van der Waals surface area contributed by atoms with Crippen molar-refractivity contribution < 1.29 is 9.53 Å². The Morgan fingerprint density at radius 3 is 3.08 bits per heavy atom. The van der Waals surface area contributed by atoms with E-state index in [1.807, 2.05) is 41.9 Å². The van der Waals surface area contributed by atoms with Crippen molar-refractivity contribution in [1.29, 1.82) is 0 Å². The van der Waals surface area contributed by atoms with Crippen molar-refractivity contribution in [3.05, 3.63) is 48.2 Å². The number of rotatable bonds is 4. The molecule has 0 aliphatic carbocycles. The summed E-state index contributed by atoms with van der Waals surface area (Å²) in [5.41, 5.74) is 1.70. The van der Waals surface area contributed by atoms with Gasteiger partial charge in [-0.25, -0.2) is 4.98 Å². The summed E-state index contributed by atoms with van der Waals surface area (Å²) in [6.45, 7) is 0.491. The molecule has 1 fully saturated rings. The highest BCUT2D eigenvalue weighted by atomic mass is 16.5. The number of benzene rings is 1. The van der Waals surface area contributed by atoms with Crippen molar-refractivity contribution in [1.82, 2.24) is 25.1 Å². The molecule has 0 radical (unpaired) electrons. The second kappa shape index (κ2) is 6.09. The van der Waals surface area contributed by atoms with Gasteiger partial charge in [0.2, 0.25) is 0 Å². The lowest BCUT2D eigenvalue weighted by molar-refractivity contribution is 0.0391. The van der Waals surface area contributed by atoms with Crippen LogP contribution in [0, 0.1) is 0 Å². The van der Waals surface area contributed by atoms with E-state index in [1.54, 1.807) is 0 Å². The van der Waals surface area contributed by atoms with Crippen molar-refractivity contribution in [2.45, 2.75) is 25.0 Å². The summed E-state index contributed by atoms with van der Waals surface area (Å²) < 4.78 is 7.84. The minimum Gasteiger partial charge on any atom is -0.365 e. The number of fused-ring (bicyclic) bond motifs is 1. The van der Waals surface area contributed by atoms with Crippen LogP contribution >= 0.6 is 0 Å². The first kappa shape index (κ1) is 14.9. The fourth-order valence-corrected chi connectivity index (χ4v) is 3.23. The van der Waals surface area contributed by atoms with Gasteiger partial charge in [0.15, 0.2) is 5.82 Å². The summed E-state index contributed by atoms with van der Waals surface area (Å²) in [6.07, 6.45) is 3.18. The minimum atomic E-state index is -0.0829. The van der Waals surface area contributed by atoms with E-state index in [-0.39, 0.29) is 18.1 Å². The SMILES string of the molecule is Cn1c(C(=O)NC[C@H]2CC[C@@H](c3ncn[nH]3)O2)cc2ccccc21. The fraction of sp³-hybridized carbons (Fsp3) is 0.353. The van der Waals surface area contributed by atoms with Gasteiger partial charge in [-0.1, -0.05) is 18.2 Å². The molecule has 1 aromatic carbocycles. The average molecular weight is 325 g/mol. The van der Waals surface area contributed by atoms with Crippen LogP contribution in [0.4, 0.5) is 0 Å². The van der Waals surface area contributed by atoms with Gasteiger partial charge in [-0.05, 0) is 25.0 Å². The molecule has 2 atom stereocenters. The number of carbonyl (C=O) groups excluding carboxylic acids is 1. The monoisotopic (exact) mass is 325 g/mol. The van der Waals surface area contributed by atoms with Crippen LogP contribution in [0.5, 0.6) is 0 Å². The molecule has 7 heteroatoms. The van der Waals surface area contributed by atoms with Crippen LogP contribution in [-0.2, 0) is 11.8 Å². The highest BCUT2D eigenvalue weighted by Gasteiger charge is 2.28. The Kier molecular flexibility index (Phi) is 3.78. The highest BCUT2D eigenvalue weighted by Crippen LogP contribution is 2.30. The van der Waals surface area contributed by atoms with E-state index in [9.17, 15) is 4.79 Å². The molecule has 3 heterocycles. The maximum atomic E-state index is 12.5. The van der Waals surface area contributed by atoms with E-state index >= 15 is 0 Å². The number of aryl methyl sites for hydroxylation is 1. The summed E-state index contributed by atoms with van der Waals surface area (Å²) in [5, 5.41) is 10.7. The Morgan fingerprint density at radius 1 is 1.42 bits per heavy atom. The first-order valence-electron chi connectivity index (χ1n) is 8.06. The van der Waals surface area contributed by atoms with Crippen molar-refractivity contribution in [2.75, 3.05) is 6.54 Å². The lowest BCUT2D eigenvalue weighted by Crippen LogP contribution is -2.32. The molecule has 1 aliphatic rings. The summed E-state index contributed by atoms with van der Waals surface area (Å²) in [6, 6.07) is 9.87. The number of ether oxygens (including phenoxy) is 1. The van der Waals surface area contributed by atoms with E-state index in [4.69, 9.17) is 4.74 Å². The maximum Gasteiger partial charge on any atom is 0.268 e. The first-order valence-corrected chi connectivity index (χ1v) is 8.06. The number of hydrogen-bond acceptors (Lipinski definition) is 4. The van der Waals surface area contributed by atoms with Gasteiger partial charge < -0.3 is 14.6 Å². The number of carbonyl (C=O) groups is 1. The molecular weight excluding hydrogens is 306 g/mol. The van der Waals surface area contributed by atoms with Gasteiger partial charge in [0.05, 0.1) is 6.10 Å². The van der Waals surface area contributed by atoms with Gasteiger partial charge in [-0.2, -0.15) is 5.10 Å². The van der Waals surface area contributed by atoms with Gasteiger partial charge in [0.25, 0.3) is 5.91 Å².